The summed E-state index contributed by atoms with van der Waals surface area (Å²) in [5.74, 6) is 0.590. The van der Waals surface area contributed by atoms with Crippen LogP contribution in [0.2, 0.25) is 0 Å². The lowest BCUT2D eigenvalue weighted by atomic mass is 10.0. The van der Waals surface area contributed by atoms with Gasteiger partial charge in [0.25, 0.3) is 10.0 Å². The average Bonchev–Trinajstić information content (AvgIpc) is 3.35. The Balaban J connectivity index is 1.74. The quantitative estimate of drug-likeness (QED) is 0.364. The fourth-order valence-electron chi connectivity index (χ4n) is 4.61. The standard InChI is InChI=1S/C27H23N3O3S/c1-18-21-7-4-6-10-26(21)30(34(31,32)20-13-11-19(33-2)12-14-20)27(18)17-25-23(15-16-28)22-8-3-5-9-24(22)29-25/h3-14,29H,15,17H2,1-2H3. The molecule has 0 atom stereocenters. The van der Waals surface area contributed by atoms with Crippen LogP contribution in [0.4, 0.5) is 0 Å². The first kappa shape index (κ1) is 21.8. The van der Waals surface area contributed by atoms with Crippen LogP contribution in [0.3, 0.4) is 0 Å². The molecule has 1 N–H and O–H groups in total. The van der Waals surface area contributed by atoms with Gasteiger partial charge in [0.15, 0.2) is 0 Å². The van der Waals surface area contributed by atoms with Crippen molar-refractivity contribution in [3.05, 3.63) is 95.3 Å². The normalized spacial score (nSPS) is 11.7. The molecule has 0 fully saturated rings. The predicted octanol–water partition coefficient (Wildman–Crippen LogP) is 5.33. The monoisotopic (exact) mass is 469 g/mol. The lowest BCUT2D eigenvalue weighted by Crippen LogP contribution is -2.16. The number of nitriles is 1. The first-order valence-electron chi connectivity index (χ1n) is 10.9. The van der Waals surface area contributed by atoms with Crippen LogP contribution in [0.15, 0.2) is 77.7 Å². The highest BCUT2D eigenvalue weighted by Crippen LogP contribution is 2.33. The first-order chi connectivity index (χ1) is 16.5. The van der Waals surface area contributed by atoms with Gasteiger partial charge in [0, 0.05) is 34.1 Å². The molecule has 3 aromatic carbocycles. The van der Waals surface area contributed by atoms with Crippen molar-refractivity contribution in [2.75, 3.05) is 7.11 Å². The summed E-state index contributed by atoms with van der Waals surface area (Å²) in [5.41, 5.74) is 4.87. The van der Waals surface area contributed by atoms with Crippen LogP contribution in [-0.4, -0.2) is 24.5 Å². The molecule has 5 rings (SSSR count). The van der Waals surface area contributed by atoms with E-state index in [4.69, 9.17) is 4.74 Å². The number of nitrogens with zero attached hydrogens (tertiary/aromatic N) is 2. The molecule has 0 aliphatic heterocycles. The molecule has 0 aliphatic carbocycles. The molecule has 0 amide bonds. The molecule has 6 nitrogen and oxygen atoms in total. The van der Waals surface area contributed by atoms with Gasteiger partial charge in [0.1, 0.15) is 5.75 Å². The summed E-state index contributed by atoms with van der Waals surface area (Å²) in [4.78, 5) is 3.61. The fraction of sp³-hybridized carbons (Fsp3) is 0.148. The van der Waals surface area contributed by atoms with E-state index in [1.165, 1.54) is 3.97 Å². The summed E-state index contributed by atoms with van der Waals surface area (Å²) < 4.78 is 34.5. The SMILES string of the molecule is COc1ccc(S(=O)(=O)n2c(Cc3[nH]c4ccccc4c3CC#N)c(C)c3ccccc32)cc1. The third-order valence-electron chi connectivity index (χ3n) is 6.30. The molecule has 170 valence electrons. The highest BCUT2D eigenvalue weighted by atomic mass is 32.2. The average molecular weight is 470 g/mol. The highest BCUT2D eigenvalue weighted by molar-refractivity contribution is 7.90. The van der Waals surface area contributed by atoms with E-state index < -0.39 is 10.0 Å². The lowest BCUT2D eigenvalue weighted by molar-refractivity contribution is 0.414. The van der Waals surface area contributed by atoms with E-state index in [9.17, 15) is 13.7 Å². The van der Waals surface area contributed by atoms with Gasteiger partial charge in [-0.25, -0.2) is 12.4 Å². The van der Waals surface area contributed by atoms with Gasteiger partial charge in [-0.3, -0.25) is 0 Å². The Bertz CT molecular complexity index is 1670. The van der Waals surface area contributed by atoms with E-state index in [0.717, 1.165) is 33.1 Å². The summed E-state index contributed by atoms with van der Waals surface area (Å²) in [6, 6.07) is 24.0. The van der Waals surface area contributed by atoms with Crippen molar-refractivity contribution in [3.8, 4) is 11.8 Å². The van der Waals surface area contributed by atoms with E-state index in [-0.39, 0.29) is 11.3 Å². The largest absolute Gasteiger partial charge is 0.497 e. The number of aryl methyl sites for hydroxylation is 1. The minimum Gasteiger partial charge on any atom is -0.497 e. The summed E-state index contributed by atoms with van der Waals surface area (Å²) in [6.45, 7) is 1.95. The van der Waals surface area contributed by atoms with Crippen LogP contribution in [0.25, 0.3) is 21.8 Å². The second kappa shape index (κ2) is 8.40. The second-order valence-electron chi connectivity index (χ2n) is 8.17. The molecule has 34 heavy (non-hydrogen) atoms. The number of aromatic nitrogens is 2. The van der Waals surface area contributed by atoms with Crippen LogP contribution >= 0.6 is 0 Å². The van der Waals surface area contributed by atoms with E-state index >= 15 is 0 Å². The number of fused-ring (bicyclic) bond motifs is 2. The van der Waals surface area contributed by atoms with Crippen molar-refractivity contribution in [2.45, 2.75) is 24.7 Å². The van der Waals surface area contributed by atoms with Gasteiger partial charge in [0.05, 0.1) is 30.0 Å². The molecule has 7 heteroatoms. The maximum absolute atomic E-state index is 13.9. The third-order valence-corrected chi connectivity index (χ3v) is 8.07. The van der Waals surface area contributed by atoms with Crippen molar-refractivity contribution in [2.24, 2.45) is 0 Å². The summed E-state index contributed by atoms with van der Waals surface area (Å²) in [6.07, 6.45) is 0.589. The van der Waals surface area contributed by atoms with E-state index in [0.29, 0.717) is 23.4 Å². The number of methoxy groups -OCH3 is 1. The fourth-order valence-corrected chi connectivity index (χ4v) is 6.21. The Morgan fingerprint density at radius 2 is 1.65 bits per heavy atom. The van der Waals surface area contributed by atoms with Crippen LogP contribution < -0.4 is 4.74 Å². The minimum absolute atomic E-state index is 0.184. The number of nitrogens with one attached hydrogen (secondary N) is 1. The van der Waals surface area contributed by atoms with Crippen LogP contribution in [-0.2, 0) is 22.9 Å². The lowest BCUT2D eigenvalue weighted by Gasteiger charge is -2.13. The topological polar surface area (TPSA) is 87.9 Å². The van der Waals surface area contributed by atoms with Crippen LogP contribution in [0, 0.1) is 18.3 Å². The number of hydrogen-bond donors (Lipinski definition) is 1. The summed E-state index contributed by atoms with van der Waals surface area (Å²) in [5, 5.41) is 11.3. The Morgan fingerprint density at radius 3 is 2.35 bits per heavy atom. The van der Waals surface area contributed by atoms with Crippen molar-refractivity contribution >= 4 is 31.8 Å². The zero-order valence-corrected chi connectivity index (χ0v) is 19.7. The molecule has 0 saturated heterocycles. The van der Waals surface area contributed by atoms with Crippen molar-refractivity contribution in [1.82, 2.24) is 8.96 Å². The number of hydrogen-bond acceptors (Lipinski definition) is 4. The number of benzene rings is 3. The molecule has 0 saturated carbocycles. The molecule has 0 unspecified atom stereocenters. The van der Waals surface area contributed by atoms with Gasteiger partial charge in [-0.05, 0) is 54.4 Å². The highest BCUT2D eigenvalue weighted by Gasteiger charge is 2.26. The Morgan fingerprint density at radius 1 is 0.971 bits per heavy atom. The Kier molecular flexibility index (Phi) is 5.39. The van der Waals surface area contributed by atoms with E-state index in [1.54, 1.807) is 31.4 Å². The minimum atomic E-state index is -3.89. The Labute approximate surface area is 198 Å². The molecule has 2 aromatic heterocycles. The molecular formula is C27H23N3O3S. The zero-order chi connectivity index (χ0) is 23.9. The smallest absolute Gasteiger partial charge is 0.268 e. The van der Waals surface area contributed by atoms with Crippen LogP contribution in [0.5, 0.6) is 5.75 Å². The number of H-pyrrole nitrogens is 1. The molecule has 0 bridgehead atoms. The maximum Gasteiger partial charge on any atom is 0.268 e. The predicted molar refractivity (Wildman–Crippen MR) is 133 cm³/mol. The van der Waals surface area contributed by atoms with Crippen molar-refractivity contribution < 1.29 is 13.2 Å². The van der Waals surface area contributed by atoms with Crippen molar-refractivity contribution in [1.29, 1.82) is 5.26 Å². The van der Waals surface area contributed by atoms with Gasteiger partial charge in [-0.2, -0.15) is 5.26 Å². The summed E-state index contributed by atoms with van der Waals surface area (Å²) >= 11 is 0. The molecule has 0 spiro atoms. The maximum atomic E-state index is 13.9. The van der Waals surface area contributed by atoms with Crippen LogP contribution in [0.1, 0.15) is 22.5 Å². The number of ether oxygens (including phenoxy) is 1. The van der Waals surface area contributed by atoms with Gasteiger partial charge in [-0.15, -0.1) is 0 Å². The molecule has 2 heterocycles. The van der Waals surface area contributed by atoms with Gasteiger partial charge in [0.2, 0.25) is 0 Å². The third kappa shape index (κ3) is 3.44. The molecular weight excluding hydrogens is 446 g/mol. The summed E-state index contributed by atoms with van der Waals surface area (Å²) in [7, 11) is -2.35. The van der Waals surface area contributed by atoms with E-state index in [2.05, 4.69) is 11.1 Å². The zero-order valence-electron chi connectivity index (χ0n) is 18.9. The first-order valence-corrected chi connectivity index (χ1v) is 12.3. The van der Waals surface area contributed by atoms with Gasteiger partial charge >= 0.3 is 0 Å². The second-order valence-corrected chi connectivity index (χ2v) is 9.96. The van der Waals surface area contributed by atoms with Gasteiger partial charge < -0.3 is 9.72 Å². The molecule has 0 radical (unpaired) electrons. The molecule has 0 aliphatic rings. The Hall–Kier alpha value is -4.02. The molecule has 5 aromatic rings. The van der Waals surface area contributed by atoms with E-state index in [1.807, 2.05) is 55.5 Å². The van der Waals surface area contributed by atoms with Crippen molar-refractivity contribution in [3.63, 3.8) is 0 Å². The number of aromatic amines is 1. The number of rotatable bonds is 6. The van der Waals surface area contributed by atoms with Gasteiger partial charge in [-0.1, -0.05) is 36.4 Å². The number of para-hydroxylation sites is 2.